The topological polar surface area (TPSA) is 0 Å². The maximum atomic E-state index is 12.8. The lowest BCUT2D eigenvalue weighted by Gasteiger charge is -1.95. The van der Waals surface area contributed by atoms with Crippen molar-refractivity contribution < 1.29 is 8.78 Å². The van der Waals surface area contributed by atoms with Crippen molar-refractivity contribution >= 4 is 0 Å². The molecule has 2 aliphatic rings. The van der Waals surface area contributed by atoms with Gasteiger partial charge < -0.3 is 0 Å². The predicted octanol–water partition coefficient (Wildman–Crippen LogP) is 3.24. The Morgan fingerprint density at radius 3 is 2.08 bits per heavy atom. The summed E-state index contributed by atoms with van der Waals surface area (Å²) in [5.74, 6) is -2.56. The molecule has 2 atom stereocenters. The average Bonchev–Trinajstić information content (AvgIpc) is 2.64. The van der Waals surface area contributed by atoms with Crippen LogP contribution in [-0.2, 0) is 0 Å². The second kappa shape index (κ2) is 1.91. The molecule has 2 rings (SSSR count). The minimum absolute atomic E-state index is 0.283. The molecule has 0 radical (unpaired) electrons. The largest absolute Gasteiger partial charge is 0.276 e. The summed E-state index contributed by atoms with van der Waals surface area (Å²) >= 11 is 0. The molecule has 0 amide bonds. The second-order valence-corrected chi connectivity index (χ2v) is 4.77. The summed E-state index contributed by atoms with van der Waals surface area (Å²) in [5.41, 5.74) is 0.656. The van der Waals surface area contributed by atoms with E-state index in [4.69, 9.17) is 0 Å². The zero-order valence-electron chi connectivity index (χ0n) is 7.70. The molecule has 0 aromatic heterocycles. The van der Waals surface area contributed by atoms with Gasteiger partial charge in [-0.3, -0.25) is 0 Å². The van der Waals surface area contributed by atoms with Crippen molar-refractivity contribution in [2.45, 2.75) is 33.1 Å². The molecule has 0 nitrogen and oxygen atoms in total. The zero-order valence-corrected chi connectivity index (χ0v) is 7.70. The van der Waals surface area contributed by atoms with Crippen LogP contribution in [0, 0.1) is 17.3 Å². The van der Waals surface area contributed by atoms with Crippen LogP contribution in [0.25, 0.3) is 0 Å². The molecule has 2 aliphatic carbocycles. The summed E-state index contributed by atoms with van der Waals surface area (Å²) in [7, 11) is 0. The number of hydrogen-bond acceptors (Lipinski definition) is 0. The van der Waals surface area contributed by atoms with E-state index in [1.165, 1.54) is 0 Å². The van der Waals surface area contributed by atoms with Gasteiger partial charge in [-0.25, -0.2) is 8.78 Å². The third-order valence-electron chi connectivity index (χ3n) is 3.28. The SMILES string of the molecule is CC1C(=CC2CC2(C)C)C1(F)F. The Labute approximate surface area is 71.7 Å². The van der Waals surface area contributed by atoms with Crippen molar-refractivity contribution in [3.63, 3.8) is 0 Å². The van der Waals surface area contributed by atoms with Crippen LogP contribution in [0.5, 0.6) is 0 Å². The van der Waals surface area contributed by atoms with Gasteiger partial charge in [-0.2, -0.15) is 0 Å². The molecule has 68 valence electrons. The number of allylic oxidation sites excluding steroid dienone is 2. The Morgan fingerprint density at radius 2 is 1.83 bits per heavy atom. The van der Waals surface area contributed by atoms with Crippen LogP contribution in [0.3, 0.4) is 0 Å². The van der Waals surface area contributed by atoms with Crippen LogP contribution in [0.15, 0.2) is 11.6 Å². The lowest BCUT2D eigenvalue weighted by atomic mass is 10.1. The normalized spacial score (nSPS) is 44.6. The molecule has 0 saturated heterocycles. The highest BCUT2D eigenvalue weighted by Crippen LogP contribution is 2.60. The Hall–Kier alpha value is -0.400. The Balaban J connectivity index is 2.05. The first kappa shape index (κ1) is 8.21. The van der Waals surface area contributed by atoms with Crippen molar-refractivity contribution in [3.05, 3.63) is 11.6 Å². The van der Waals surface area contributed by atoms with Crippen LogP contribution in [0.2, 0.25) is 0 Å². The molecule has 0 bridgehead atoms. The minimum atomic E-state index is -2.47. The van der Waals surface area contributed by atoms with Crippen molar-refractivity contribution in [1.29, 1.82) is 0 Å². The fourth-order valence-corrected chi connectivity index (χ4v) is 1.70. The van der Waals surface area contributed by atoms with Gasteiger partial charge in [0.2, 0.25) is 0 Å². The fourth-order valence-electron chi connectivity index (χ4n) is 1.70. The summed E-state index contributed by atoms with van der Waals surface area (Å²) in [6.07, 6.45) is 2.87. The standard InChI is InChI=1S/C10H14F2/c1-6-8(10(6,11)12)4-7-5-9(7,2)3/h4,6-7H,5H2,1-3H3. The summed E-state index contributed by atoms with van der Waals surface area (Å²) in [5, 5.41) is 0. The predicted molar refractivity (Wildman–Crippen MR) is 44.1 cm³/mol. The molecule has 2 heteroatoms. The third kappa shape index (κ3) is 1.00. The first-order valence-electron chi connectivity index (χ1n) is 4.46. The quantitative estimate of drug-likeness (QED) is 0.532. The van der Waals surface area contributed by atoms with E-state index in [1.807, 2.05) is 0 Å². The lowest BCUT2D eigenvalue weighted by Crippen LogP contribution is -1.90. The van der Waals surface area contributed by atoms with E-state index in [1.54, 1.807) is 13.0 Å². The van der Waals surface area contributed by atoms with E-state index in [-0.39, 0.29) is 5.41 Å². The van der Waals surface area contributed by atoms with Gasteiger partial charge >= 0.3 is 0 Å². The smallest absolute Gasteiger partial charge is 0.201 e. The third-order valence-corrected chi connectivity index (χ3v) is 3.28. The van der Waals surface area contributed by atoms with Gasteiger partial charge in [-0.05, 0) is 17.8 Å². The van der Waals surface area contributed by atoms with Gasteiger partial charge in [-0.1, -0.05) is 26.8 Å². The highest BCUT2D eigenvalue weighted by Gasteiger charge is 2.61. The number of halogens is 2. The van der Waals surface area contributed by atoms with Gasteiger partial charge in [0.1, 0.15) is 0 Å². The van der Waals surface area contributed by atoms with Crippen LogP contribution >= 0.6 is 0 Å². The van der Waals surface area contributed by atoms with E-state index >= 15 is 0 Å². The molecule has 0 spiro atoms. The summed E-state index contributed by atoms with van der Waals surface area (Å²) in [6, 6.07) is 0. The van der Waals surface area contributed by atoms with Crippen LogP contribution in [0.4, 0.5) is 8.78 Å². The fraction of sp³-hybridized carbons (Fsp3) is 0.800. The maximum Gasteiger partial charge on any atom is 0.276 e. The molecule has 2 fully saturated rings. The lowest BCUT2D eigenvalue weighted by molar-refractivity contribution is 0.114. The first-order chi connectivity index (χ1) is 5.36. The first-order valence-corrected chi connectivity index (χ1v) is 4.46. The summed E-state index contributed by atoms with van der Waals surface area (Å²) in [4.78, 5) is 0. The van der Waals surface area contributed by atoms with Crippen LogP contribution in [-0.4, -0.2) is 5.92 Å². The molecule has 12 heavy (non-hydrogen) atoms. The van der Waals surface area contributed by atoms with E-state index in [2.05, 4.69) is 13.8 Å². The molecule has 0 aromatic rings. The van der Waals surface area contributed by atoms with Gasteiger partial charge in [0.15, 0.2) is 0 Å². The molecule has 0 N–H and O–H groups in total. The van der Waals surface area contributed by atoms with E-state index < -0.39 is 11.8 Å². The maximum absolute atomic E-state index is 12.8. The van der Waals surface area contributed by atoms with Crippen molar-refractivity contribution in [2.24, 2.45) is 17.3 Å². The zero-order chi connectivity index (χ0) is 9.15. The van der Waals surface area contributed by atoms with Gasteiger partial charge in [0.05, 0.1) is 5.92 Å². The monoisotopic (exact) mass is 172 g/mol. The average molecular weight is 172 g/mol. The Kier molecular flexibility index (Phi) is 1.31. The number of rotatable bonds is 1. The van der Waals surface area contributed by atoms with Crippen molar-refractivity contribution in [3.8, 4) is 0 Å². The number of alkyl halides is 2. The molecular formula is C10H14F2. The van der Waals surface area contributed by atoms with Gasteiger partial charge in [0.25, 0.3) is 5.92 Å². The van der Waals surface area contributed by atoms with Crippen LogP contribution < -0.4 is 0 Å². The van der Waals surface area contributed by atoms with E-state index in [9.17, 15) is 8.78 Å². The highest BCUT2D eigenvalue weighted by atomic mass is 19.3. The van der Waals surface area contributed by atoms with E-state index in [0.717, 1.165) is 6.42 Å². The molecule has 2 unspecified atom stereocenters. The van der Waals surface area contributed by atoms with Crippen molar-refractivity contribution in [2.75, 3.05) is 0 Å². The van der Waals surface area contributed by atoms with Crippen LogP contribution in [0.1, 0.15) is 27.2 Å². The molecular weight excluding hydrogens is 158 g/mol. The Morgan fingerprint density at radius 1 is 1.42 bits per heavy atom. The summed E-state index contributed by atoms with van der Waals surface area (Å²) < 4.78 is 25.5. The van der Waals surface area contributed by atoms with Crippen molar-refractivity contribution in [1.82, 2.24) is 0 Å². The van der Waals surface area contributed by atoms with Gasteiger partial charge in [-0.15, -0.1) is 0 Å². The summed E-state index contributed by atoms with van der Waals surface area (Å²) in [6.45, 7) is 5.85. The minimum Gasteiger partial charge on any atom is -0.201 e. The Bertz CT molecular complexity index is 251. The highest BCUT2D eigenvalue weighted by molar-refractivity contribution is 5.38. The molecule has 0 heterocycles. The number of hydrogen-bond donors (Lipinski definition) is 0. The van der Waals surface area contributed by atoms with E-state index in [0.29, 0.717) is 11.5 Å². The molecule has 2 saturated carbocycles. The van der Waals surface area contributed by atoms with Gasteiger partial charge in [0, 0.05) is 5.57 Å². The molecule has 0 aromatic carbocycles. The molecule has 0 aliphatic heterocycles. The second-order valence-electron chi connectivity index (χ2n) is 4.77.